The number of hydrogen-bond donors (Lipinski definition) is 1. The maximum atomic E-state index is 12.5. The molecule has 4 saturated carbocycles. The van der Waals surface area contributed by atoms with E-state index < -0.39 is 0 Å². The highest BCUT2D eigenvalue weighted by atomic mass is 16.1. The van der Waals surface area contributed by atoms with E-state index in [4.69, 9.17) is 0 Å². The Morgan fingerprint density at radius 3 is 2.23 bits per heavy atom. The Labute approximate surface area is 133 Å². The molecule has 1 N–H and O–H groups in total. The molecule has 0 radical (unpaired) electrons. The van der Waals surface area contributed by atoms with Gasteiger partial charge < -0.3 is 5.32 Å². The average molecular weight is 297 g/mol. The van der Waals surface area contributed by atoms with Gasteiger partial charge in [-0.2, -0.15) is 0 Å². The van der Waals surface area contributed by atoms with Crippen LogP contribution in [0.15, 0.2) is 30.3 Å². The van der Waals surface area contributed by atoms with E-state index >= 15 is 0 Å². The van der Waals surface area contributed by atoms with Crippen molar-refractivity contribution in [2.45, 2.75) is 57.4 Å². The van der Waals surface area contributed by atoms with Gasteiger partial charge in [0.25, 0.3) is 0 Å². The van der Waals surface area contributed by atoms with Gasteiger partial charge in [-0.1, -0.05) is 37.3 Å². The number of nitrogens with one attached hydrogen (secondary N) is 1. The molecule has 1 aromatic rings. The molecule has 0 aromatic heterocycles. The molecule has 4 bridgehead atoms. The number of benzene rings is 1. The lowest BCUT2D eigenvalue weighted by atomic mass is 9.54. The van der Waals surface area contributed by atoms with Gasteiger partial charge in [0, 0.05) is 12.5 Å². The molecule has 0 spiro atoms. The van der Waals surface area contributed by atoms with Gasteiger partial charge >= 0.3 is 0 Å². The van der Waals surface area contributed by atoms with Crippen LogP contribution in [0, 0.1) is 23.7 Å². The van der Waals surface area contributed by atoms with Gasteiger partial charge in [-0.15, -0.1) is 0 Å². The van der Waals surface area contributed by atoms with Crippen LogP contribution in [0.2, 0.25) is 0 Å². The summed E-state index contributed by atoms with van der Waals surface area (Å²) in [4.78, 5) is 12.5. The average Bonchev–Trinajstić information content (AvgIpc) is 2.51. The van der Waals surface area contributed by atoms with E-state index in [1.54, 1.807) is 0 Å². The van der Waals surface area contributed by atoms with Crippen molar-refractivity contribution >= 4 is 5.91 Å². The van der Waals surface area contributed by atoms with Crippen molar-refractivity contribution in [3.8, 4) is 0 Å². The number of hydrogen-bond acceptors (Lipinski definition) is 1. The lowest BCUT2D eigenvalue weighted by Crippen LogP contribution is -2.55. The first-order valence-electron chi connectivity index (χ1n) is 9.03. The maximum Gasteiger partial charge on any atom is 0.220 e. The highest BCUT2D eigenvalue weighted by Gasteiger charge is 2.48. The fourth-order valence-electron chi connectivity index (χ4n) is 5.58. The Kier molecular flexibility index (Phi) is 3.71. The molecular formula is C20H27NO. The van der Waals surface area contributed by atoms with E-state index in [9.17, 15) is 4.79 Å². The number of carbonyl (C=O) groups is 1. The van der Waals surface area contributed by atoms with Crippen molar-refractivity contribution in [3.63, 3.8) is 0 Å². The molecule has 0 unspecified atom stereocenters. The molecule has 4 aliphatic carbocycles. The number of amides is 1. The van der Waals surface area contributed by atoms with E-state index in [0.717, 1.165) is 23.7 Å². The molecule has 1 atom stereocenters. The van der Waals surface area contributed by atoms with Crippen molar-refractivity contribution in [2.75, 3.05) is 0 Å². The minimum Gasteiger partial charge on any atom is -0.353 e. The molecule has 118 valence electrons. The summed E-state index contributed by atoms with van der Waals surface area (Å²) in [6, 6.07) is 10.9. The minimum atomic E-state index is 0.258. The van der Waals surface area contributed by atoms with Gasteiger partial charge in [-0.05, 0) is 67.3 Å². The predicted molar refractivity (Wildman–Crippen MR) is 88.4 cm³/mol. The van der Waals surface area contributed by atoms with Gasteiger partial charge in [-0.3, -0.25) is 4.79 Å². The topological polar surface area (TPSA) is 29.1 Å². The standard InChI is InChI=1S/C20H27NO/c1-13(16-5-3-2-4-6-16)7-19(22)21-20-17-9-14-8-15(11-17)12-18(20)10-14/h2-6,13-15,17-18,20H,7-12H2,1H3,(H,21,22)/t13-,14?,15?,17?,18?,20?/m0/s1. The summed E-state index contributed by atoms with van der Waals surface area (Å²) < 4.78 is 0. The summed E-state index contributed by atoms with van der Waals surface area (Å²) in [5.74, 6) is 4.05. The van der Waals surface area contributed by atoms with Crippen LogP contribution in [-0.2, 0) is 4.79 Å². The third kappa shape index (κ3) is 2.68. The second-order valence-electron chi connectivity index (χ2n) is 8.04. The van der Waals surface area contributed by atoms with E-state index in [1.165, 1.54) is 37.7 Å². The summed E-state index contributed by atoms with van der Waals surface area (Å²) in [7, 11) is 0. The first-order chi connectivity index (χ1) is 10.7. The first kappa shape index (κ1) is 14.3. The van der Waals surface area contributed by atoms with Crippen LogP contribution >= 0.6 is 0 Å². The SMILES string of the molecule is C[C@@H](CC(=O)NC1C2CC3CC(C2)CC1C3)c1ccccc1. The lowest BCUT2D eigenvalue weighted by Gasteiger charge is -2.54. The van der Waals surface area contributed by atoms with Crippen LogP contribution < -0.4 is 5.32 Å². The Hall–Kier alpha value is -1.31. The monoisotopic (exact) mass is 297 g/mol. The Bertz CT molecular complexity index is 510. The lowest BCUT2D eigenvalue weighted by molar-refractivity contribution is -0.125. The molecule has 2 heteroatoms. The molecule has 4 aliphatic rings. The summed E-state index contributed by atoms with van der Waals surface area (Å²) in [5.41, 5.74) is 1.27. The van der Waals surface area contributed by atoms with Crippen molar-refractivity contribution in [3.05, 3.63) is 35.9 Å². The summed E-state index contributed by atoms with van der Waals surface area (Å²) in [5, 5.41) is 3.42. The van der Waals surface area contributed by atoms with Crippen molar-refractivity contribution in [2.24, 2.45) is 23.7 Å². The maximum absolute atomic E-state index is 12.5. The quantitative estimate of drug-likeness (QED) is 0.890. The highest BCUT2D eigenvalue weighted by molar-refractivity contribution is 5.77. The van der Waals surface area contributed by atoms with Crippen LogP contribution in [0.3, 0.4) is 0 Å². The van der Waals surface area contributed by atoms with Gasteiger partial charge in [0.15, 0.2) is 0 Å². The molecule has 0 saturated heterocycles. The highest BCUT2D eigenvalue weighted by Crippen LogP contribution is 2.53. The molecule has 5 rings (SSSR count). The molecular weight excluding hydrogens is 270 g/mol. The van der Waals surface area contributed by atoms with Crippen molar-refractivity contribution < 1.29 is 4.79 Å². The van der Waals surface area contributed by atoms with Gasteiger partial charge in [0.2, 0.25) is 5.91 Å². The van der Waals surface area contributed by atoms with Crippen LogP contribution in [0.25, 0.3) is 0 Å². The summed E-state index contributed by atoms with van der Waals surface area (Å²) in [6.07, 6.45) is 7.56. The molecule has 22 heavy (non-hydrogen) atoms. The number of carbonyl (C=O) groups excluding carboxylic acids is 1. The first-order valence-corrected chi connectivity index (χ1v) is 9.03. The zero-order valence-electron chi connectivity index (χ0n) is 13.5. The minimum absolute atomic E-state index is 0.258. The molecule has 0 aliphatic heterocycles. The van der Waals surface area contributed by atoms with E-state index in [2.05, 4.69) is 36.5 Å². The van der Waals surface area contributed by atoms with Crippen LogP contribution in [0.1, 0.15) is 56.9 Å². The third-order valence-electron chi connectivity index (χ3n) is 6.41. The van der Waals surface area contributed by atoms with Gasteiger partial charge in [0.05, 0.1) is 0 Å². The summed E-state index contributed by atoms with van der Waals surface area (Å²) >= 11 is 0. The largest absolute Gasteiger partial charge is 0.353 e. The smallest absolute Gasteiger partial charge is 0.220 e. The fraction of sp³-hybridized carbons (Fsp3) is 0.650. The molecule has 1 aromatic carbocycles. The zero-order valence-corrected chi connectivity index (χ0v) is 13.5. The molecule has 1 amide bonds. The zero-order chi connectivity index (χ0) is 15.1. The second-order valence-corrected chi connectivity index (χ2v) is 8.04. The number of rotatable bonds is 4. The third-order valence-corrected chi connectivity index (χ3v) is 6.41. The predicted octanol–water partition coefficient (Wildman–Crippen LogP) is 4.12. The molecule has 0 heterocycles. The van der Waals surface area contributed by atoms with Crippen molar-refractivity contribution in [1.82, 2.24) is 5.32 Å². The fourth-order valence-corrected chi connectivity index (χ4v) is 5.58. The van der Waals surface area contributed by atoms with Gasteiger partial charge in [0.1, 0.15) is 0 Å². The van der Waals surface area contributed by atoms with E-state index in [-0.39, 0.29) is 5.91 Å². The van der Waals surface area contributed by atoms with E-state index in [1.807, 2.05) is 6.07 Å². The normalized spacial score (nSPS) is 37.0. The van der Waals surface area contributed by atoms with Crippen molar-refractivity contribution in [1.29, 1.82) is 0 Å². The van der Waals surface area contributed by atoms with Crippen LogP contribution in [0.5, 0.6) is 0 Å². The van der Waals surface area contributed by atoms with Crippen LogP contribution in [0.4, 0.5) is 0 Å². The Morgan fingerprint density at radius 1 is 1.05 bits per heavy atom. The van der Waals surface area contributed by atoms with Crippen LogP contribution in [-0.4, -0.2) is 11.9 Å². The summed E-state index contributed by atoms with van der Waals surface area (Å²) in [6.45, 7) is 2.16. The Morgan fingerprint density at radius 2 is 1.64 bits per heavy atom. The Balaban J connectivity index is 1.36. The van der Waals surface area contributed by atoms with E-state index in [0.29, 0.717) is 18.4 Å². The second kappa shape index (κ2) is 5.72. The molecule has 2 nitrogen and oxygen atoms in total. The van der Waals surface area contributed by atoms with Gasteiger partial charge in [-0.25, -0.2) is 0 Å². The molecule has 4 fully saturated rings.